The van der Waals surface area contributed by atoms with Crippen LogP contribution in [0.15, 0.2) is 66.0 Å². The fraction of sp³-hybridized carbons (Fsp3) is 0.321. The third kappa shape index (κ3) is 6.17. The van der Waals surface area contributed by atoms with Gasteiger partial charge in [0.15, 0.2) is 5.78 Å². The van der Waals surface area contributed by atoms with Crippen LogP contribution in [0, 0.1) is 0 Å². The van der Waals surface area contributed by atoms with Gasteiger partial charge in [0, 0.05) is 22.2 Å². The van der Waals surface area contributed by atoms with E-state index in [0.29, 0.717) is 16.8 Å². The molecule has 0 bridgehead atoms. The van der Waals surface area contributed by atoms with Crippen molar-refractivity contribution in [1.82, 2.24) is 5.32 Å². The highest BCUT2D eigenvalue weighted by Gasteiger charge is 2.34. The first-order valence-electron chi connectivity index (χ1n) is 12.0. The van der Waals surface area contributed by atoms with E-state index in [-0.39, 0.29) is 35.8 Å². The molecule has 0 aliphatic heterocycles. The lowest BCUT2D eigenvalue weighted by molar-refractivity contribution is -0.127. The number of phenolic OH excluding ortho intramolecular Hbond substituents is 1. The standard InChI is InChI=1S/C28H30N2O4S/c1-19(31)20-9-13-23(14-10-20)30(26(33)18-25-8-5-17-35-25)27(21-11-15-24(32)16-12-21)28(34)29-22-6-3-2-4-7-22/h5,8-17,22,27,32H,2-4,6-7,18H2,1H3,(H,29,34). The van der Waals surface area contributed by atoms with Crippen LogP contribution in [0.25, 0.3) is 0 Å². The van der Waals surface area contributed by atoms with Crippen molar-refractivity contribution in [2.45, 2.75) is 57.5 Å². The largest absolute Gasteiger partial charge is 0.508 e. The Morgan fingerprint density at radius 3 is 2.29 bits per heavy atom. The molecular formula is C28H30N2O4S. The molecule has 1 unspecified atom stereocenters. The zero-order valence-electron chi connectivity index (χ0n) is 19.8. The minimum atomic E-state index is -0.923. The molecule has 0 radical (unpaired) electrons. The number of nitrogens with one attached hydrogen (secondary N) is 1. The zero-order valence-corrected chi connectivity index (χ0v) is 20.6. The molecule has 1 aromatic heterocycles. The average molecular weight is 491 g/mol. The van der Waals surface area contributed by atoms with Gasteiger partial charge in [-0.25, -0.2) is 0 Å². The molecule has 1 fully saturated rings. The third-order valence-electron chi connectivity index (χ3n) is 6.39. The molecule has 7 heteroatoms. The lowest BCUT2D eigenvalue weighted by Gasteiger charge is -2.33. The van der Waals surface area contributed by atoms with Crippen LogP contribution in [0.5, 0.6) is 5.75 Å². The van der Waals surface area contributed by atoms with Crippen LogP contribution in [0.4, 0.5) is 5.69 Å². The molecule has 1 atom stereocenters. The third-order valence-corrected chi connectivity index (χ3v) is 7.27. The average Bonchev–Trinajstić information content (AvgIpc) is 3.37. The van der Waals surface area contributed by atoms with Crippen molar-refractivity contribution in [3.8, 4) is 5.75 Å². The number of hydrogen-bond donors (Lipinski definition) is 2. The van der Waals surface area contributed by atoms with Gasteiger partial charge < -0.3 is 10.4 Å². The Bertz CT molecular complexity index is 1150. The molecule has 2 N–H and O–H groups in total. The lowest BCUT2D eigenvalue weighted by Crippen LogP contribution is -2.47. The van der Waals surface area contributed by atoms with Gasteiger partial charge in [0.1, 0.15) is 11.8 Å². The van der Waals surface area contributed by atoms with Crippen LogP contribution in [0.2, 0.25) is 0 Å². The first-order valence-corrected chi connectivity index (χ1v) is 12.8. The molecule has 0 saturated heterocycles. The molecule has 35 heavy (non-hydrogen) atoms. The van der Waals surface area contributed by atoms with Crippen molar-refractivity contribution in [3.05, 3.63) is 82.0 Å². The number of phenols is 1. The van der Waals surface area contributed by atoms with E-state index in [0.717, 1.165) is 30.6 Å². The molecule has 182 valence electrons. The van der Waals surface area contributed by atoms with E-state index in [1.54, 1.807) is 36.4 Å². The summed E-state index contributed by atoms with van der Waals surface area (Å²) in [6.07, 6.45) is 5.30. The first kappa shape index (κ1) is 24.7. The summed E-state index contributed by atoms with van der Waals surface area (Å²) in [5.74, 6) is -0.460. The van der Waals surface area contributed by atoms with E-state index in [4.69, 9.17) is 0 Å². The molecule has 6 nitrogen and oxygen atoms in total. The fourth-order valence-corrected chi connectivity index (χ4v) is 5.24. The Kier molecular flexibility index (Phi) is 7.98. The van der Waals surface area contributed by atoms with Crippen LogP contribution in [-0.4, -0.2) is 28.7 Å². The Hall–Kier alpha value is -3.45. The quantitative estimate of drug-likeness (QED) is 0.413. The number of ketones is 1. The maximum atomic E-state index is 13.8. The molecular weight excluding hydrogens is 460 g/mol. The van der Waals surface area contributed by atoms with Gasteiger partial charge in [-0.05, 0) is 73.2 Å². The van der Waals surface area contributed by atoms with Crippen molar-refractivity contribution < 1.29 is 19.5 Å². The van der Waals surface area contributed by atoms with Gasteiger partial charge in [0.2, 0.25) is 11.8 Å². The summed E-state index contributed by atoms with van der Waals surface area (Å²) < 4.78 is 0. The summed E-state index contributed by atoms with van der Waals surface area (Å²) in [4.78, 5) is 41.8. The van der Waals surface area contributed by atoms with Crippen molar-refractivity contribution in [2.75, 3.05) is 4.90 Å². The molecule has 1 saturated carbocycles. The maximum absolute atomic E-state index is 13.8. The lowest BCUT2D eigenvalue weighted by atomic mass is 9.94. The molecule has 0 spiro atoms. The Morgan fingerprint density at radius 1 is 1.00 bits per heavy atom. The van der Waals surface area contributed by atoms with E-state index in [2.05, 4.69) is 5.32 Å². The molecule has 2 aromatic carbocycles. The van der Waals surface area contributed by atoms with Crippen LogP contribution < -0.4 is 10.2 Å². The Morgan fingerprint density at radius 2 is 1.69 bits per heavy atom. The number of Topliss-reactive ketones (excluding diaryl/α,β-unsaturated/α-hetero) is 1. The summed E-state index contributed by atoms with van der Waals surface area (Å²) in [5.41, 5.74) is 1.67. The van der Waals surface area contributed by atoms with Gasteiger partial charge in [0.25, 0.3) is 0 Å². The number of nitrogens with zero attached hydrogens (tertiary/aromatic N) is 1. The second-order valence-electron chi connectivity index (χ2n) is 8.96. The van der Waals surface area contributed by atoms with Gasteiger partial charge in [-0.2, -0.15) is 0 Å². The number of anilines is 1. The topological polar surface area (TPSA) is 86.7 Å². The summed E-state index contributed by atoms with van der Waals surface area (Å²) in [6, 6.07) is 16.1. The Balaban J connectivity index is 1.75. The summed E-state index contributed by atoms with van der Waals surface area (Å²) in [7, 11) is 0. The summed E-state index contributed by atoms with van der Waals surface area (Å²) in [6.45, 7) is 1.49. The monoisotopic (exact) mass is 490 g/mol. The van der Waals surface area contributed by atoms with E-state index < -0.39 is 6.04 Å². The predicted octanol–water partition coefficient (Wildman–Crippen LogP) is 5.42. The second-order valence-corrected chi connectivity index (χ2v) is 9.99. The highest BCUT2D eigenvalue weighted by Crippen LogP contribution is 2.31. The van der Waals surface area contributed by atoms with E-state index in [1.165, 1.54) is 41.7 Å². The van der Waals surface area contributed by atoms with Crippen LogP contribution in [0.3, 0.4) is 0 Å². The molecule has 4 rings (SSSR count). The van der Waals surface area contributed by atoms with Gasteiger partial charge in [-0.1, -0.05) is 37.5 Å². The maximum Gasteiger partial charge on any atom is 0.248 e. The number of aromatic hydroxyl groups is 1. The molecule has 1 aliphatic rings. The Labute approximate surface area is 209 Å². The number of rotatable bonds is 8. The number of thiophene rings is 1. The second kappa shape index (κ2) is 11.3. The van der Waals surface area contributed by atoms with E-state index >= 15 is 0 Å². The minimum Gasteiger partial charge on any atom is -0.508 e. The molecule has 1 aliphatic carbocycles. The van der Waals surface area contributed by atoms with Crippen molar-refractivity contribution in [1.29, 1.82) is 0 Å². The molecule has 1 heterocycles. The van der Waals surface area contributed by atoms with Crippen molar-refractivity contribution in [3.63, 3.8) is 0 Å². The van der Waals surface area contributed by atoms with E-state index in [1.807, 2.05) is 17.5 Å². The highest BCUT2D eigenvalue weighted by molar-refractivity contribution is 7.10. The van der Waals surface area contributed by atoms with Crippen LogP contribution in [-0.2, 0) is 16.0 Å². The smallest absolute Gasteiger partial charge is 0.248 e. The summed E-state index contributed by atoms with van der Waals surface area (Å²) in [5, 5.41) is 14.9. The van der Waals surface area contributed by atoms with Crippen molar-refractivity contribution in [2.24, 2.45) is 0 Å². The highest BCUT2D eigenvalue weighted by atomic mass is 32.1. The van der Waals surface area contributed by atoms with Gasteiger partial charge in [0.05, 0.1) is 6.42 Å². The van der Waals surface area contributed by atoms with Crippen molar-refractivity contribution >= 4 is 34.6 Å². The number of carbonyl (C=O) groups excluding carboxylic acids is 3. The van der Waals surface area contributed by atoms with Gasteiger partial charge in [-0.15, -0.1) is 11.3 Å². The van der Waals surface area contributed by atoms with Gasteiger partial charge >= 0.3 is 0 Å². The number of hydrogen-bond acceptors (Lipinski definition) is 5. The SMILES string of the molecule is CC(=O)c1ccc(N(C(=O)Cc2cccs2)C(C(=O)NC2CCCCC2)c2ccc(O)cc2)cc1. The summed E-state index contributed by atoms with van der Waals surface area (Å²) >= 11 is 1.49. The zero-order chi connectivity index (χ0) is 24.8. The normalized spacial score (nSPS) is 14.8. The van der Waals surface area contributed by atoms with Gasteiger partial charge in [-0.3, -0.25) is 19.3 Å². The minimum absolute atomic E-state index is 0.0712. The van der Waals surface area contributed by atoms with E-state index in [9.17, 15) is 19.5 Å². The molecule has 2 amide bonds. The fourth-order valence-electron chi connectivity index (χ4n) is 4.54. The van der Waals surface area contributed by atoms with Crippen LogP contribution >= 0.6 is 11.3 Å². The number of carbonyl (C=O) groups is 3. The number of amides is 2. The number of benzene rings is 2. The molecule has 3 aromatic rings. The predicted molar refractivity (Wildman–Crippen MR) is 138 cm³/mol. The van der Waals surface area contributed by atoms with Crippen LogP contribution in [0.1, 0.15) is 65.9 Å². The first-order chi connectivity index (χ1) is 16.9.